The van der Waals surface area contributed by atoms with Crippen molar-refractivity contribution in [2.45, 2.75) is 64.7 Å². The number of aliphatic carboxylic acids is 1. The van der Waals surface area contributed by atoms with E-state index in [1.807, 2.05) is 0 Å². The van der Waals surface area contributed by atoms with Gasteiger partial charge in [-0.2, -0.15) is 0 Å². The number of carboxylic acid groups (broad SMARTS) is 1. The third-order valence-corrected chi connectivity index (χ3v) is 2.43. The van der Waals surface area contributed by atoms with E-state index < -0.39 is 5.97 Å². The van der Waals surface area contributed by atoms with E-state index in [1.54, 1.807) is 0 Å². The molecule has 0 spiro atoms. The average molecular weight is 214 g/mol. The maximum absolute atomic E-state index is 11.2. The van der Waals surface area contributed by atoms with Crippen LogP contribution in [0.3, 0.4) is 0 Å². The lowest BCUT2D eigenvalue weighted by Gasteiger charge is -2.00. The van der Waals surface area contributed by atoms with Gasteiger partial charge in [0, 0.05) is 12.8 Å². The molecule has 0 aliphatic rings. The van der Waals surface area contributed by atoms with Gasteiger partial charge in [-0.25, -0.2) is 0 Å². The van der Waals surface area contributed by atoms with Gasteiger partial charge >= 0.3 is 5.97 Å². The molecule has 1 N–H and O–H groups in total. The molecule has 0 bridgehead atoms. The molecule has 0 aromatic carbocycles. The second-order valence-electron chi connectivity index (χ2n) is 3.95. The van der Waals surface area contributed by atoms with Crippen LogP contribution in [0.25, 0.3) is 0 Å². The van der Waals surface area contributed by atoms with Crippen LogP contribution in [0.2, 0.25) is 0 Å². The van der Waals surface area contributed by atoms with Gasteiger partial charge in [0.2, 0.25) is 0 Å². The molecule has 0 aromatic heterocycles. The first-order valence-corrected chi connectivity index (χ1v) is 5.90. The normalized spacial score (nSPS) is 10.2. The van der Waals surface area contributed by atoms with E-state index in [2.05, 4.69) is 6.92 Å². The molecule has 0 aliphatic carbocycles. The molecule has 0 radical (unpaired) electrons. The van der Waals surface area contributed by atoms with Crippen molar-refractivity contribution in [3.8, 4) is 0 Å². The summed E-state index contributed by atoms with van der Waals surface area (Å²) in [5.41, 5.74) is 0. The molecule has 0 amide bonds. The van der Waals surface area contributed by atoms with E-state index in [0.29, 0.717) is 6.42 Å². The van der Waals surface area contributed by atoms with Gasteiger partial charge in [0.1, 0.15) is 5.78 Å². The van der Waals surface area contributed by atoms with Gasteiger partial charge in [-0.15, -0.1) is 0 Å². The molecular weight excluding hydrogens is 192 g/mol. The zero-order valence-electron chi connectivity index (χ0n) is 9.63. The van der Waals surface area contributed by atoms with Crippen LogP contribution in [0.4, 0.5) is 0 Å². The van der Waals surface area contributed by atoms with Gasteiger partial charge in [-0.3, -0.25) is 9.59 Å². The minimum atomic E-state index is -0.883. The van der Waals surface area contributed by atoms with Gasteiger partial charge in [0.05, 0.1) is 6.42 Å². The summed E-state index contributed by atoms with van der Waals surface area (Å²) in [7, 11) is 0. The SMILES string of the molecule is CCCCCCCCC(=O)CCC(=O)O. The highest BCUT2D eigenvalue weighted by Crippen LogP contribution is 2.08. The molecule has 3 nitrogen and oxygen atoms in total. The zero-order chi connectivity index (χ0) is 11.5. The Balaban J connectivity index is 3.20. The van der Waals surface area contributed by atoms with Crippen LogP contribution in [0, 0.1) is 0 Å². The van der Waals surface area contributed by atoms with Gasteiger partial charge in [0.25, 0.3) is 0 Å². The number of rotatable bonds is 10. The van der Waals surface area contributed by atoms with Crippen molar-refractivity contribution in [1.82, 2.24) is 0 Å². The Labute approximate surface area is 91.9 Å². The Kier molecular flexibility index (Phi) is 9.13. The Morgan fingerprint density at radius 2 is 1.47 bits per heavy atom. The summed E-state index contributed by atoms with van der Waals surface area (Å²) in [4.78, 5) is 21.4. The largest absolute Gasteiger partial charge is 0.481 e. The highest BCUT2D eigenvalue weighted by atomic mass is 16.4. The molecule has 0 unspecified atom stereocenters. The van der Waals surface area contributed by atoms with Crippen molar-refractivity contribution < 1.29 is 14.7 Å². The van der Waals surface area contributed by atoms with E-state index in [1.165, 1.54) is 25.7 Å². The molecule has 3 heteroatoms. The Bertz CT molecular complexity index is 187. The molecule has 0 fully saturated rings. The van der Waals surface area contributed by atoms with E-state index in [0.717, 1.165) is 12.8 Å². The predicted molar refractivity (Wildman–Crippen MR) is 59.9 cm³/mol. The third-order valence-electron chi connectivity index (χ3n) is 2.43. The van der Waals surface area contributed by atoms with Crippen LogP contribution in [0.15, 0.2) is 0 Å². The summed E-state index contributed by atoms with van der Waals surface area (Å²) in [6, 6.07) is 0. The van der Waals surface area contributed by atoms with Crippen LogP contribution < -0.4 is 0 Å². The number of ketones is 1. The van der Waals surface area contributed by atoms with Crippen LogP contribution >= 0.6 is 0 Å². The topological polar surface area (TPSA) is 54.4 Å². The van der Waals surface area contributed by atoms with E-state index in [-0.39, 0.29) is 18.6 Å². The molecule has 0 aromatic rings. The molecule has 0 atom stereocenters. The maximum Gasteiger partial charge on any atom is 0.303 e. The average Bonchev–Trinajstić information content (AvgIpc) is 2.20. The standard InChI is InChI=1S/C12H22O3/c1-2-3-4-5-6-7-8-11(13)9-10-12(14)15/h2-10H2,1H3,(H,14,15). The predicted octanol–water partition coefficient (Wildman–Crippen LogP) is 3.17. The van der Waals surface area contributed by atoms with Crippen LogP contribution in [-0.2, 0) is 9.59 Å². The molecule has 0 saturated heterocycles. The summed E-state index contributed by atoms with van der Waals surface area (Å²) in [5, 5.41) is 8.38. The maximum atomic E-state index is 11.2. The van der Waals surface area contributed by atoms with Crippen LogP contribution in [0.1, 0.15) is 64.7 Å². The van der Waals surface area contributed by atoms with Crippen molar-refractivity contribution in [2.75, 3.05) is 0 Å². The van der Waals surface area contributed by atoms with Crippen molar-refractivity contribution in [1.29, 1.82) is 0 Å². The Morgan fingerprint density at radius 3 is 2.07 bits per heavy atom. The zero-order valence-corrected chi connectivity index (χ0v) is 9.63. The van der Waals surface area contributed by atoms with Gasteiger partial charge < -0.3 is 5.11 Å². The first kappa shape index (κ1) is 14.1. The Morgan fingerprint density at radius 1 is 0.867 bits per heavy atom. The molecule has 0 saturated carbocycles. The van der Waals surface area contributed by atoms with Crippen LogP contribution in [-0.4, -0.2) is 16.9 Å². The second kappa shape index (κ2) is 9.69. The number of carboxylic acids is 1. The van der Waals surface area contributed by atoms with Gasteiger partial charge in [0.15, 0.2) is 0 Å². The van der Waals surface area contributed by atoms with E-state index in [4.69, 9.17) is 5.11 Å². The molecule has 15 heavy (non-hydrogen) atoms. The van der Waals surface area contributed by atoms with Crippen molar-refractivity contribution in [2.24, 2.45) is 0 Å². The number of unbranched alkanes of at least 4 members (excludes halogenated alkanes) is 5. The lowest BCUT2D eigenvalue weighted by molar-refractivity contribution is -0.138. The molecule has 0 heterocycles. The number of hydrogen-bond donors (Lipinski definition) is 1. The second-order valence-corrected chi connectivity index (χ2v) is 3.95. The quantitative estimate of drug-likeness (QED) is 0.568. The molecule has 0 aliphatic heterocycles. The van der Waals surface area contributed by atoms with Crippen molar-refractivity contribution in [3.63, 3.8) is 0 Å². The number of hydrogen-bond acceptors (Lipinski definition) is 2. The van der Waals surface area contributed by atoms with Gasteiger partial charge in [-0.05, 0) is 6.42 Å². The highest BCUT2D eigenvalue weighted by Gasteiger charge is 2.04. The minimum absolute atomic E-state index is 0.0192. The summed E-state index contributed by atoms with van der Waals surface area (Å²) >= 11 is 0. The molecule has 88 valence electrons. The number of carbonyl (C=O) groups excluding carboxylic acids is 1. The number of Topliss-reactive ketones (excluding diaryl/α,β-unsaturated/α-hetero) is 1. The fraction of sp³-hybridized carbons (Fsp3) is 0.833. The van der Waals surface area contributed by atoms with Crippen molar-refractivity contribution >= 4 is 11.8 Å². The molecular formula is C12H22O3. The van der Waals surface area contributed by atoms with E-state index >= 15 is 0 Å². The van der Waals surface area contributed by atoms with E-state index in [9.17, 15) is 9.59 Å². The summed E-state index contributed by atoms with van der Waals surface area (Å²) in [5.74, 6) is -0.792. The summed E-state index contributed by atoms with van der Waals surface area (Å²) in [6.07, 6.45) is 7.70. The third kappa shape index (κ3) is 11.1. The monoisotopic (exact) mass is 214 g/mol. The first-order chi connectivity index (χ1) is 7.16. The van der Waals surface area contributed by atoms with Crippen LogP contribution in [0.5, 0.6) is 0 Å². The fourth-order valence-corrected chi connectivity index (χ4v) is 1.47. The lowest BCUT2D eigenvalue weighted by atomic mass is 10.1. The summed E-state index contributed by atoms with van der Waals surface area (Å²) in [6.45, 7) is 2.18. The Hall–Kier alpha value is -0.860. The number of carbonyl (C=O) groups is 2. The lowest BCUT2D eigenvalue weighted by Crippen LogP contribution is -2.02. The molecule has 0 rings (SSSR count). The highest BCUT2D eigenvalue weighted by molar-refractivity contribution is 5.82. The summed E-state index contributed by atoms with van der Waals surface area (Å²) < 4.78 is 0. The first-order valence-electron chi connectivity index (χ1n) is 5.90. The fourth-order valence-electron chi connectivity index (χ4n) is 1.47. The smallest absolute Gasteiger partial charge is 0.303 e. The minimum Gasteiger partial charge on any atom is -0.481 e. The van der Waals surface area contributed by atoms with Gasteiger partial charge in [-0.1, -0.05) is 39.0 Å². The van der Waals surface area contributed by atoms with Crippen molar-refractivity contribution in [3.05, 3.63) is 0 Å².